The first-order valence-electron chi connectivity index (χ1n) is 5.50. The van der Waals surface area contributed by atoms with Gasteiger partial charge in [0.1, 0.15) is 0 Å². The molecule has 0 bridgehead atoms. The molecule has 0 aliphatic heterocycles. The van der Waals surface area contributed by atoms with Crippen molar-refractivity contribution in [3.63, 3.8) is 0 Å². The highest BCUT2D eigenvalue weighted by Gasteiger charge is 2.25. The number of rotatable bonds is 3. The molecule has 90 valence electrons. The minimum atomic E-state index is -0.975. The van der Waals surface area contributed by atoms with E-state index in [4.69, 9.17) is 0 Å². The summed E-state index contributed by atoms with van der Waals surface area (Å²) in [5, 5.41) is 22.1. The van der Waals surface area contributed by atoms with Crippen LogP contribution < -0.4 is 0 Å². The molecule has 1 atom stereocenters. The van der Waals surface area contributed by atoms with Gasteiger partial charge < -0.3 is 5.11 Å². The number of tetrazole rings is 1. The van der Waals surface area contributed by atoms with Crippen molar-refractivity contribution >= 4 is 0 Å². The quantitative estimate of drug-likeness (QED) is 0.856. The number of benzene rings is 1. The molecule has 5 nitrogen and oxygen atoms in total. The van der Waals surface area contributed by atoms with Crippen LogP contribution in [0.3, 0.4) is 0 Å². The standard InChI is InChI=1S/C12H16N4O/c1-9-4-6-10(7-5-9)12(2,17)8-11-13-15-16(3)14-11/h4-7,17H,8H2,1-3H3. The topological polar surface area (TPSA) is 63.8 Å². The van der Waals surface area contributed by atoms with Crippen molar-refractivity contribution in [1.82, 2.24) is 20.2 Å². The van der Waals surface area contributed by atoms with Crippen molar-refractivity contribution in [1.29, 1.82) is 0 Å². The summed E-state index contributed by atoms with van der Waals surface area (Å²) >= 11 is 0. The molecular formula is C12H16N4O. The summed E-state index contributed by atoms with van der Waals surface area (Å²) in [5.74, 6) is 0.540. The number of hydrogen-bond donors (Lipinski definition) is 1. The van der Waals surface area contributed by atoms with Crippen molar-refractivity contribution in [2.45, 2.75) is 25.9 Å². The third-order valence-electron chi connectivity index (χ3n) is 2.73. The van der Waals surface area contributed by atoms with E-state index in [-0.39, 0.29) is 0 Å². The Morgan fingerprint density at radius 3 is 2.47 bits per heavy atom. The zero-order valence-corrected chi connectivity index (χ0v) is 10.3. The van der Waals surface area contributed by atoms with Crippen LogP contribution in [0.25, 0.3) is 0 Å². The van der Waals surface area contributed by atoms with Crippen LogP contribution in [0, 0.1) is 6.92 Å². The molecule has 1 aromatic carbocycles. The van der Waals surface area contributed by atoms with Gasteiger partial charge in [0.15, 0.2) is 5.82 Å². The van der Waals surface area contributed by atoms with Crippen molar-refractivity contribution in [3.8, 4) is 0 Å². The zero-order valence-electron chi connectivity index (χ0n) is 10.3. The highest BCUT2D eigenvalue weighted by Crippen LogP contribution is 2.23. The van der Waals surface area contributed by atoms with Gasteiger partial charge in [0.25, 0.3) is 0 Å². The Hall–Kier alpha value is -1.75. The maximum Gasteiger partial charge on any atom is 0.178 e. The molecule has 1 unspecified atom stereocenters. The Morgan fingerprint density at radius 1 is 1.29 bits per heavy atom. The smallest absolute Gasteiger partial charge is 0.178 e. The van der Waals surface area contributed by atoms with Gasteiger partial charge in [-0.2, -0.15) is 4.80 Å². The van der Waals surface area contributed by atoms with Gasteiger partial charge in [0, 0.05) is 6.42 Å². The Labute approximate surface area is 100 Å². The lowest BCUT2D eigenvalue weighted by atomic mass is 9.92. The second-order valence-electron chi connectivity index (χ2n) is 4.51. The number of nitrogens with zero attached hydrogens (tertiary/aromatic N) is 4. The molecule has 0 saturated carbocycles. The van der Waals surface area contributed by atoms with Crippen molar-refractivity contribution in [2.24, 2.45) is 7.05 Å². The summed E-state index contributed by atoms with van der Waals surface area (Å²) in [6.45, 7) is 3.77. The lowest BCUT2D eigenvalue weighted by molar-refractivity contribution is 0.0554. The summed E-state index contributed by atoms with van der Waals surface area (Å²) in [6.07, 6.45) is 0.351. The Balaban J connectivity index is 2.21. The molecular weight excluding hydrogens is 216 g/mol. The fraction of sp³-hybridized carbons (Fsp3) is 0.417. The highest BCUT2D eigenvalue weighted by molar-refractivity contribution is 5.26. The first-order valence-corrected chi connectivity index (χ1v) is 5.50. The van der Waals surface area contributed by atoms with Gasteiger partial charge in [-0.3, -0.25) is 0 Å². The molecule has 0 spiro atoms. The zero-order chi connectivity index (χ0) is 12.5. The van der Waals surface area contributed by atoms with E-state index in [1.54, 1.807) is 14.0 Å². The average molecular weight is 232 g/mol. The lowest BCUT2D eigenvalue weighted by Crippen LogP contribution is -2.25. The Morgan fingerprint density at radius 2 is 1.94 bits per heavy atom. The van der Waals surface area contributed by atoms with Gasteiger partial charge in [-0.1, -0.05) is 29.8 Å². The van der Waals surface area contributed by atoms with Crippen LogP contribution in [0.5, 0.6) is 0 Å². The lowest BCUT2D eigenvalue weighted by Gasteiger charge is -2.22. The third-order valence-corrected chi connectivity index (χ3v) is 2.73. The summed E-state index contributed by atoms with van der Waals surface area (Å²) < 4.78 is 0. The summed E-state index contributed by atoms with van der Waals surface area (Å²) in [5.41, 5.74) is 1.05. The van der Waals surface area contributed by atoms with Crippen LogP contribution in [0.4, 0.5) is 0 Å². The molecule has 1 heterocycles. The highest BCUT2D eigenvalue weighted by atomic mass is 16.3. The fourth-order valence-corrected chi connectivity index (χ4v) is 1.72. The van der Waals surface area contributed by atoms with Gasteiger partial charge in [-0.15, -0.1) is 10.2 Å². The molecule has 0 fully saturated rings. The van der Waals surface area contributed by atoms with E-state index in [9.17, 15) is 5.11 Å². The molecule has 0 saturated heterocycles. The predicted octanol–water partition coefficient (Wildman–Crippen LogP) is 0.969. The van der Waals surface area contributed by atoms with Gasteiger partial charge in [0.2, 0.25) is 0 Å². The van der Waals surface area contributed by atoms with Crippen LogP contribution in [0.1, 0.15) is 23.9 Å². The normalized spacial score (nSPS) is 14.6. The molecule has 1 aromatic heterocycles. The summed E-state index contributed by atoms with van der Waals surface area (Å²) in [6, 6.07) is 7.80. The maximum absolute atomic E-state index is 10.4. The first-order chi connectivity index (χ1) is 7.97. The molecule has 2 aromatic rings. The minimum absolute atomic E-state index is 0.351. The maximum atomic E-state index is 10.4. The minimum Gasteiger partial charge on any atom is -0.385 e. The van der Waals surface area contributed by atoms with Gasteiger partial charge in [0.05, 0.1) is 12.6 Å². The van der Waals surface area contributed by atoms with E-state index in [2.05, 4.69) is 15.4 Å². The van der Waals surface area contributed by atoms with Crippen LogP contribution in [0.15, 0.2) is 24.3 Å². The van der Waals surface area contributed by atoms with E-state index >= 15 is 0 Å². The van der Waals surface area contributed by atoms with Crippen molar-refractivity contribution in [2.75, 3.05) is 0 Å². The number of aromatic nitrogens is 4. The molecule has 17 heavy (non-hydrogen) atoms. The van der Waals surface area contributed by atoms with Crippen molar-refractivity contribution < 1.29 is 5.11 Å². The molecule has 0 aliphatic rings. The van der Waals surface area contributed by atoms with Crippen molar-refractivity contribution in [3.05, 3.63) is 41.2 Å². The van der Waals surface area contributed by atoms with Gasteiger partial charge in [-0.25, -0.2) is 0 Å². The SMILES string of the molecule is Cc1ccc(C(C)(O)Cc2nnn(C)n2)cc1. The van der Waals surface area contributed by atoms with Crippen LogP contribution in [-0.2, 0) is 19.1 Å². The largest absolute Gasteiger partial charge is 0.385 e. The molecule has 0 amide bonds. The van der Waals surface area contributed by atoms with Gasteiger partial charge >= 0.3 is 0 Å². The molecule has 0 radical (unpaired) electrons. The van der Waals surface area contributed by atoms with E-state index in [1.807, 2.05) is 31.2 Å². The monoisotopic (exact) mass is 232 g/mol. The second-order valence-corrected chi connectivity index (χ2v) is 4.51. The van der Waals surface area contributed by atoms with E-state index in [0.29, 0.717) is 12.2 Å². The van der Waals surface area contributed by atoms with Crippen LogP contribution in [0.2, 0.25) is 0 Å². The summed E-state index contributed by atoms with van der Waals surface area (Å²) in [7, 11) is 1.71. The summed E-state index contributed by atoms with van der Waals surface area (Å²) in [4.78, 5) is 1.39. The second kappa shape index (κ2) is 4.25. The average Bonchev–Trinajstić information content (AvgIpc) is 2.63. The predicted molar refractivity (Wildman–Crippen MR) is 63.3 cm³/mol. The molecule has 2 rings (SSSR count). The van der Waals surface area contributed by atoms with Gasteiger partial charge in [-0.05, 0) is 24.6 Å². The molecule has 0 aliphatic carbocycles. The molecule has 1 N–H and O–H groups in total. The fourth-order valence-electron chi connectivity index (χ4n) is 1.72. The van der Waals surface area contributed by atoms with E-state index in [1.165, 1.54) is 10.4 Å². The number of aryl methyl sites for hydroxylation is 2. The van der Waals surface area contributed by atoms with E-state index in [0.717, 1.165) is 5.56 Å². The van der Waals surface area contributed by atoms with Crippen LogP contribution >= 0.6 is 0 Å². The Kier molecular flexibility index (Phi) is 2.93. The number of aliphatic hydroxyl groups is 1. The first kappa shape index (κ1) is 11.7. The molecule has 5 heteroatoms. The van der Waals surface area contributed by atoms with Crippen LogP contribution in [-0.4, -0.2) is 25.3 Å². The Bertz CT molecular complexity index is 501. The number of hydrogen-bond acceptors (Lipinski definition) is 4. The van der Waals surface area contributed by atoms with E-state index < -0.39 is 5.60 Å². The third kappa shape index (κ3) is 2.68.